The number of hydrogen-bond donors (Lipinski definition) is 12. The maximum atomic E-state index is 13.5. The van der Waals surface area contributed by atoms with E-state index in [9.17, 15) is 34.8 Å². The van der Waals surface area contributed by atoms with E-state index in [1.54, 1.807) is 29.9 Å². The molecule has 0 aliphatic heterocycles. The minimum Gasteiger partial charge on any atom is -0.388 e. The van der Waals surface area contributed by atoms with Crippen LogP contribution in [0.1, 0.15) is 101 Å². The smallest absolute Gasteiger partial charge is 0.315 e. The Balaban J connectivity index is 0.731. The summed E-state index contributed by atoms with van der Waals surface area (Å²) >= 11 is 0. The number of fused-ring (bicyclic) bond motifs is 2. The topological polar surface area (TPSA) is 351 Å². The van der Waals surface area contributed by atoms with Crippen molar-refractivity contribution in [2.24, 2.45) is 14.1 Å². The van der Waals surface area contributed by atoms with Crippen molar-refractivity contribution in [1.29, 1.82) is 0 Å². The summed E-state index contributed by atoms with van der Waals surface area (Å²) in [5.74, 6) is 0.959. The number of carbonyl (C=O) groups is 3. The standard InChI is InChI=1S/C49H70N20O7/c1-66-19-32(52-23-66)13-15-50-47-62-43(39-45(64-47)68(25-54-39)34-12-11-31(17-34)56-37(72)21-70)57-27-3-7-29(8-4-27)59-49(76)60-30-9-5-28(6-10-30)58-44-40-46(65-48(63-44)51-16-14-33-20-67(2)24-53-33)69(26-55-40)36-18-35(41(74)42(36)75)61-38(73)22-71/h19-20,23-31,34-36,41-42,70-71,74-75H,3-18,21-22H2,1-2H3,(H,56,72)(H,61,73)(H2,59,60,76)(H2,50,57,62,64)(H2,51,58,63,65)/t27-,28-,29-,30-,31-,34+,35+,36-,41-,42+/m1/s1. The van der Waals surface area contributed by atoms with Gasteiger partial charge in [-0.05, 0) is 77.0 Å². The van der Waals surface area contributed by atoms with E-state index in [0.717, 1.165) is 75.6 Å². The van der Waals surface area contributed by atoms with Gasteiger partial charge in [-0.1, -0.05) is 0 Å². The van der Waals surface area contributed by atoms with Crippen LogP contribution in [0.3, 0.4) is 0 Å². The second-order valence-corrected chi connectivity index (χ2v) is 20.9. The third-order valence-corrected chi connectivity index (χ3v) is 15.3. The molecule has 0 aromatic carbocycles. The molecule has 76 heavy (non-hydrogen) atoms. The first-order valence-corrected chi connectivity index (χ1v) is 26.5. The molecule has 27 heteroatoms. The van der Waals surface area contributed by atoms with Crippen LogP contribution >= 0.6 is 0 Å². The van der Waals surface area contributed by atoms with Crippen LogP contribution in [0.4, 0.5) is 28.3 Å². The summed E-state index contributed by atoms with van der Waals surface area (Å²) in [4.78, 5) is 75.2. The molecule has 27 nitrogen and oxygen atoms in total. The zero-order valence-corrected chi connectivity index (χ0v) is 42.8. The maximum absolute atomic E-state index is 13.5. The fourth-order valence-electron chi connectivity index (χ4n) is 11.4. The highest BCUT2D eigenvalue weighted by Gasteiger charge is 2.44. The van der Waals surface area contributed by atoms with Crippen LogP contribution in [0.2, 0.25) is 0 Å². The van der Waals surface area contributed by atoms with Crippen LogP contribution in [0, 0.1) is 0 Å². The lowest BCUT2D eigenvalue weighted by molar-refractivity contribution is -0.125. The van der Waals surface area contributed by atoms with Crippen LogP contribution in [0.25, 0.3) is 22.3 Å². The van der Waals surface area contributed by atoms with Gasteiger partial charge in [0.25, 0.3) is 0 Å². The third kappa shape index (κ3) is 12.2. The molecule has 0 unspecified atom stereocenters. The highest BCUT2D eigenvalue weighted by molar-refractivity contribution is 5.86. The largest absolute Gasteiger partial charge is 0.388 e. The van der Waals surface area contributed by atoms with Gasteiger partial charge in [0.15, 0.2) is 34.0 Å². The number of hydrogen-bond acceptors (Lipinski definition) is 19. The minimum atomic E-state index is -1.26. The number of aromatic nitrogens is 12. The third-order valence-electron chi connectivity index (χ3n) is 15.3. The van der Waals surface area contributed by atoms with Crippen molar-refractivity contribution in [1.82, 2.24) is 79.4 Å². The summed E-state index contributed by atoms with van der Waals surface area (Å²) in [6.07, 6.45) is 18.4. The summed E-state index contributed by atoms with van der Waals surface area (Å²) in [5.41, 5.74) is 4.17. The van der Waals surface area contributed by atoms with Crippen molar-refractivity contribution in [2.45, 2.75) is 150 Å². The molecular weight excluding hydrogens is 981 g/mol. The highest BCUT2D eigenvalue weighted by atomic mass is 16.3. The van der Waals surface area contributed by atoms with Crippen molar-refractivity contribution < 1.29 is 34.8 Å². The Bertz CT molecular complexity index is 2960. The van der Waals surface area contributed by atoms with Gasteiger partial charge in [0.05, 0.1) is 48.8 Å². The quantitative estimate of drug-likeness (QED) is 0.0496. The number of aryl methyl sites for hydroxylation is 2. The molecule has 6 aromatic rings. The predicted molar refractivity (Wildman–Crippen MR) is 279 cm³/mol. The van der Waals surface area contributed by atoms with Crippen LogP contribution in [-0.4, -0.2) is 171 Å². The average Bonchev–Trinajstić information content (AvgIpc) is 4.35. The molecule has 4 saturated carbocycles. The Hall–Kier alpha value is -7.23. The molecule has 12 N–H and O–H groups in total. The van der Waals surface area contributed by atoms with E-state index in [2.05, 4.69) is 62.1 Å². The number of imidazole rings is 4. The lowest BCUT2D eigenvalue weighted by Crippen LogP contribution is -2.49. The molecule has 4 aliphatic carbocycles. The summed E-state index contributed by atoms with van der Waals surface area (Å²) in [6, 6.07) is -1.47. The molecule has 0 radical (unpaired) electrons. The van der Waals surface area contributed by atoms with E-state index >= 15 is 0 Å². The van der Waals surface area contributed by atoms with Gasteiger partial charge in [-0.2, -0.15) is 19.9 Å². The number of nitrogens with zero attached hydrogens (tertiary/aromatic N) is 12. The van der Waals surface area contributed by atoms with E-state index in [4.69, 9.17) is 24.9 Å². The zero-order chi connectivity index (χ0) is 52.9. The summed E-state index contributed by atoms with van der Waals surface area (Å²) in [5, 5.41) is 66.5. The highest BCUT2D eigenvalue weighted by Crippen LogP contribution is 2.37. The molecule has 0 spiro atoms. The minimum absolute atomic E-state index is 0.0108. The number of aliphatic hydroxyl groups excluding tert-OH is 4. The second kappa shape index (κ2) is 23.3. The van der Waals surface area contributed by atoms with Crippen LogP contribution in [0.15, 0.2) is 37.7 Å². The molecular formula is C49H70N20O7. The number of anilines is 4. The SMILES string of the molecule is Cn1cnc(CCNc2nc(N[C@H]3CC[C@H](NC(=O)N[C@H]4CC[C@H](Nc5nc(NCCc6cn(C)cn6)nc6c5ncn6[C@@H]5C[C@H](NC(=O)CO)[C@@H](O)[C@H]5O)CC4)CC3)c3ncn([C@H]4CC[C@@H](NC(=O)CO)C4)c3n2)c1. The molecule has 4 aliphatic rings. The lowest BCUT2D eigenvalue weighted by atomic mass is 9.90. The van der Waals surface area contributed by atoms with E-state index in [1.807, 2.05) is 35.6 Å². The molecule has 10 rings (SSSR count). The number of aliphatic hydroxyl groups is 4. The first-order valence-electron chi connectivity index (χ1n) is 26.5. The van der Waals surface area contributed by atoms with Gasteiger partial charge in [0.2, 0.25) is 23.7 Å². The summed E-state index contributed by atoms with van der Waals surface area (Å²) < 4.78 is 7.59. The van der Waals surface area contributed by atoms with Crippen molar-refractivity contribution in [3.63, 3.8) is 0 Å². The van der Waals surface area contributed by atoms with Gasteiger partial charge >= 0.3 is 6.03 Å². The summed E-state index contributed by atoms with van der Waals surface area (Å²) in [7, 11) is 3.85. The fourth-order valence-corrected chi connectivity index (χ4v) is 11.4. The van der Waals surface area contributed by atoms with Crippen LogP contribution < -0.4 is 42.5 Å². The molecule has 408 valence electrons. The Morgan fingerprint density at radius 2 is 1.04 bits per heavy atom. The van der Waals surface area contributed by atoms with E-state index < -0.39 is 43.4 Å². The lowest BCUT2D eigenvalue weighted by Gasteiger charge is -2.32. The number of urea groups is 1. The van der Waals surface area contributed by atoms with Gasteiger partial charge in [0, 0.05) is 88.7 Å². The fraction of sp³-hybridized carbons (Fsp3) is 0.612. The Morgan fingerprint density at radius 3 is 1.55 bits per heavy atom. The average molecular weight is 1050 g/mol. The number of amides is 4. The van der Waals surface area contributed by atoms with Crippen molar-refractivity contribution >= 4 is 63.7 Å². The second-order valence-electron chi connectivity index (χ2n) is 20.9. The zero-order valence-electron chi connectivity index (χ0n) is 42.8. The molecule has 0 bridgehead atoms. The van der Waals surface area contributed by atoms with E-state index in [0.29, 0.717) is 78.2 Å². The Labute approximate surface area is 437 Å². The Morgan fingerprint density at radius 1 is 0.553 bits per heavy atom. The van der Waals surface area contributed by atoms with Gasteiger partial charge in [0.1, 0.15) is 25.4 Å². The van der Waals surface area contributed by atoms with Crippen molar-refractivity contribution in [3.8, 4) is 0 Å². The normalized spacial score (nSPS) is 25.6. The predicted octanol–water partition coefficient (Wildman–Crippen LogP) is 0.534. The van der Waals surface area contributed by atoms with Gasteiger partial charge < -0.3 is 81.2 Å². The van der Waals surface area contributed by atoms with E-state index in [-0.39, 0.29) is 54.6 Å². The van der Waals surface area contributed by atoms with Gasteiger partial charge in [-0.3, -0.25) is 9.59 Å². The molecule has 6 atom stereocenters. The first-order chi connectivity index (χ1) is 36.9. The summed E-state index contributed by atoms with van der Waals surface area (Å²) in [6.45, 7) is -0.189. The maximum Gasteiger partial charge on any atom is 0.315 e. The molecule has 6 heterocycles. The number of nitrogens with one attached hydrogen (secondary N) is 8. The number of rotatable bonds is 20. The van der Waals surface area contributed by atoms with Gasteiger partial charge in [-0.15, -0.1) is 0 Å². The van der Waals surface area contributed by atoms with Crippen molar-refractivity contribution in [2.75, 3.05) is 47.6 Å². The Kier molecular flexibility index (Phi) is 16.0. The molecule has 0 saturated heterocycles. The van der Waals surface area contributed by atoms with Crippen molar-refractivity contribution in [3.05, 3.63) is 49.1 Å². The van der Waals surface area contributed by atoms with E-state index in [1.165, 1.54) is 0 Å². The van der Waals surface area contributed by atoms with Crippen LogP contribution in [0.5, 0.6) is 0 Å². The molecule has 4 amide bonds. The monoisotopic (exact) mass is 1050 g/mol. The van der Waals surface area contributed by atoms with Gasteiger partial charge in [-0.25, -0.2) is 24.7 Å². The molecule has 4 fully saturated rings. The van der Waals surface area contributed by atoms with Crippen LogP contribution in [-0.2, 0) is 36.5 Å². The first kappa shape index (κ1) is 52.2. The number of carbonyl (C=O) groups excluding carboxylic acids is 3. The molecule has 6 aromatic heterocycles.